The van der Waals surface area contributed by atoms with Gasteiger partial charge in [-0.1, -0.05) is 12.1 Å². The van der Waals surface area contributed by atoms with Gasteiger partial charge >= 0.3 is 12.2 Å². The van der Waals surface area contributed by atoms with Gasteiger partial charge < -0.3 is 15.5 Å². The van der Waals surface area contributed by atoms with Crippen molar-refractivity contribution >= 4 is 28.3 Å². The predicted octanol–water partition coefficient (Wildman–Crippen LogP) is 5.15. The summed E-state index contributed by atoms with van der Waals surface area (Å²) < 4.78 is 38.8. The molecule has 3 aromatic rings. The van der Waals surface area contributed by atoms with E-state index in [2.05, 4.69) is 26.9 Å². The standard InChI is InChI=1S/C23H24F3N5O/c24-23(25,26)15-8-10-31(11-9-15)16-5-6-17-14(12-16)4-7-20(17)29-22(32)28-19-2-1-3-21-18(19)13-27-30-21/h1-3,5-6,12-13,15,20H,4,7-11H2,(H,27,30)(H2,28,29,32). The third kappa shape index (κ3) is 3.99. The second kappa shape index (κ2) is 8.03. The van der Waals surface area contributed by atoms with Crippen LogP contribution in [0.25, 0.3) is 10.9 Å². The minimum absolute atomic E-state index is 0.0985. The highest BCUT2D eigenvalue weighted by Crippen LogP contribution is 2.38. The maximum absolute atomic E-state index is 12.9. The van der Waals surface area contributed by atoms with Crippen LogP contribution in [-0.4, -0.2) is 35.5 Å². The Kier molecular flexibility index (Phi) is 5.19. The number of aryl methyl sites for hydroxylation is 1. The Morgan fingerprint density at radius 1 is 1.12 bits per heavy atom. The van der Waals surface area contributed by atoms with Gasteiger partial charge in [0, 0.05) is 24.2 Å². The Balaban J connectivity index is 1.23. The van der Waals surface area contributed by atoms with Gasteiger partial charge in [-0.05, 0) is 61.1 Å². The number of nitrogens with zero attached hydrogens (tertiary/aromatic N) is 2. The molecule has 1 unspecified atom stereocenters. The van der Waals surface area contributed by atoms with E-state index in [1.54, 1.807) is 6.20 Å². The number of hydrogen-bond acceptors (Lipinski definition) is 3. The van der Waals surface area contributed by atoms with Crippen LogP contribution in [0, 0.1) is 5.92 Å². The number of H-pyrrole nitrogens is 1. The van der Waals surface area contributed by atoms with Crippen LogP contribution >= 0.6 is 0 Å². The van der Waals surface area contributed by atoms with Crippen molar-refractivity contribution in [1.82, 2.24) is 15.5 Å². The lowest BCUT2D eigenvalue weighted by Gasteiger charge is -2.34. The third-order valence-corrected chi connectivity index (χ3v) is 6.57. The highest BCUT2D eigenvalue weighted by Gasteiger charge is 2.41. The van der Waals surface area contributed by atoms with E-state index >= 15 is 0 Å². The molecule has 1 aromatic heterocycles. The van der Waals surface area contributed by atoms with E-state index in [1.165, 1.54) is 0 Å². The topological polar surface area (TPSA) is 73.0 Å². The predicted molar refractivity (Wildman–Crippen MR) is 117 cm³/mol. The number of alkyl halides is 3. The van der Waals surface area contributed by atoms with Crippen LogP contribution < -0.4 is 15.5 Å². The summed E-state index contributed by atoms with van der Waals surface area (Å²) in [6, 6.07) is 11.2. The Bertz CT molecular complexity index is 1130. The number of aromatic nitrogens is 2. The van der Waals surface area contributed by atoms with E-state index in [9.17, 15) is 18.0 Å². The van der Waals surface area contributed by atoms with Crippen LogP contribution in [0.5, 0.6) is 0 Å². The molecule has 168 valence electrons. The monoisotopic (exact) mass is 443 g/mol. The maximum Gasteiger partial charge on any atom is 0.391 e. The number of nitrogens with one attached hydrogen (secondary N) is 3. The Hall–Kier alpha value is -3.23. The Morgan fingerprint density at radius 2 is 1.94 bits per heavy atom. The molecule has 1 aliphatic heterocycles. The van der Waals surface area contributed by atoms with Gasteiger partial charge in [-0.25, -0.2) is 4.79 Å². The lowest BCUT2D eigenvalue weighted by atomic mass is 9.95. The smallest absolute Gasteiger partial charge is 0.371 e. The summed E-state index contributed by atoms with van der Waals surface area (Å²) in [6.07, 6.45) is -0.549. The molecule has 1 atom stereocenters. The molecule has 6 nitrogen and oxygen atoms in total. The number of urea groups is 1. The summed E-state index contributed by atoms with van der Waals surface area (Å²) in [5.74, 6) is -1.20. The van der Waals surface area contributed by atoms with E-state index < -0.39 is 12.1 Å². The van der Waals surface area contributed by atoms with E-state index in [0.717, 1.165) is 40.6 Å². The number of carbonyl (C=O) groups is 1. The molecule has 9 heteroatoms. The number of aromatic amines is 1. The average Bonchev–Trinajstić information content (AvgIpc) is 3.41. The number of amides is 2. The molecule has 2 aromatic carbocycles. The first kappa shape index (κ1) is 20.7. The van der Waals surface area contributed by atoms with Crippen LogP contribution in [0.15, 0.2) is 42.6 Å². The minimum Gasteiger partial charge on any atom is -0.371 e. The molecule has 0 radical (unpaired) electrons. The fourth-order valence-electron chi connectivity index (χ4n) is 4.81. The Labute approximate surface area is 183 Å². The molecule has 3 N–H and O–H groups in total. The average molecular weight is 443 g/mol. The zero-order valence-corrected chi connectivity index (χ0v) is 17.4. The molecule has 1 aliphatic carbocycles. The van der Waals surface area contributed by atoms with Crippen molar-refractivity contribution in [2.75, 3.05) is 23.3 Å². The molecule has 5 rings (SSSR count). The van der Waals surface area contributed by atoms with Gasteiger partial charge in [-0.2, -0.15) is 18.3 Å². The number of benzene rings is 2. The number of fused-ring (bicyclic) bond motifs is 2. The molecule has 32 heavy (non-hydrogen) atoms. The summed E-state index contributed by atoms with van der Waals surface area (Å²) in [5, 5.41) is 13.7. The van der Waals surface area contributed by atoms with E-state index in [0.29, 0.717) is 18.8 Å². The van der Waals surface area contributed by atoms with Crippen LogP contribution in [0.1, 0.15) is 36.4 Å². The molecule has 1 fully saturated rings. The molecule has 1 saturated heterocycles. The first-order chi connectivity index (χ1) is 15.4. The van der Waals surface area contributed by atoms with E-state index in [4.69, 9.17) is 0 Å². The van der Waals surface area contributed by atoms with Crippen LogP contribution in [0.4, 0.5) is 29.3 Å². The number of hydrogen-bond donors (Lipinski definition) is 3. The fraction of sp³-hybridized carbons (Fsp3) is 0.391. The van der Waals surface area contributed by atoms with Crippen LogP contribution in [0.2, 0.25) is 0 Å². The number of halogens is 3. The number of anilines is 2. The molecule has 2 amide bonds. The molecule has 0 spiro atoms. The third-order valence-electron chi connectivity index (χ3n) is 6.57. The van der Waals surface area contributed by atoms with Gasteiger partial charge in [0.05, 0.1) is 29.4 Å². The van der Waals surface area contributed by atoms with Crippen LogP contribution in [-0.2, 0) is 6.42 Å². The van der Waals surface area contributed by atoms with Gasteiger partial charge in [0.15, 0.2) is 0 Å². The SMILES string of the molecule is O=C(Nc1cccc2[nH]ncc12)NC1CCc2cc(N3CCC(C(F)(F)F)CC3)ccc21. The Morgan fingerprint density at radius 3 is 2.72 bits per heavy atom. The highest BCUT2D eigenvalue weighted by atomic mass is 19.4. The summed E-state index contributed by atoms with van der Waals surface area (Å²) in [7, 11) is 0. The van der Waals surface area contributed by atoms with Crippen molar-refractivity contribution in [1.29, 1.82) is 0 Å². The quantitative estimate of drug-likeness (QED) is 0.524. The maximum atomic E-state index is 12.9. The summed E-state index contributed by atoms with van der Waals surface area (Å²) in [4.78, 5) is 14.6. The zero-order valence-electron chi connectivity index (χ0n) is 17.4. The van der Waals surface area contributed by atoms with Crippen molar-refractivity contribution in [3.05, 3.63) is 53.7 Å². The normalized spacial score (nSPS) is 19.2. The highest BCUT2D eigenvalue weighted by molar-refractivity contribution is 6.00. The largest absolute Gasteiger partial charge is 0.391 e. The lowest BCUT2D eigenvalue weighted by molar-refractivity contribution is -0.179. The molecule has 0 bridgehead atoms. The fourth-order valence-corrected chi connectivity index (χ4v) is 4.81. The molecule has 0 saturated carbocycles. The van der Waals surface area contributed by atoms with Gasteiger partial charge in [0.25, 0.3) is 0 Å². The van der Waals surface area contributed by atoms with Crippen LogP contribution in [0.3, 0.4) is 0 Å². The van der Waals surface area contributed by atoms with Crippen molar-refractivity contribution in [2.24, 2.45) is 5.92 Å². The van der Waals surface area contributed by atoms with Gasteiger partial charge in [-0.15, -0.1) is 0 Å². The molecular formula is C23H24F3N5O. The van der Waals surface area contributed by atoms with Gasteiger partial charge in [0.1, 0.15) is 0 Å². The van der Waals surface area contributed by atoms with Crippen molar-refractivity contribution in [3.63, 3.8) is 0 Å². The summed E-state index contributed by atoms with van der Waals surface area (Å²) in [6.45, 7) is 0.819. The molecule has 2 aliphatic rings. The molecule has 2 heterocycles. The van der Waals surface area contributed by atoms with Gasteiger partial charge in [-0.3, -0.25) is 5.10 Å². The van der Waals surface area contributed by atoms with E-state index in [1.807, 2.05) is 35.2 Å². The van der Waals surface area contributed by atoms with Crippen molar-refractivity contribution in [2.45, 2.75) is 37.9 Å². The number of piperidine rings is 1. The lowest BCUT2D eigenvalue weighted by Crippen LogP contribution is -2.39. The zero-order chi connectivity index (χ0) is 22.3. The number of rotatable bonds is 3. The van der Waals surface area contributed by atoms with Crippen molar-refractivity contribution < 1.29 is 18.0 Å². The first-order valence-electron chi connectivity index (χ1n) is 10.8. The van der Waals surface area contributed by atoms with Gasteiger partial charge in [0.2, 0.25) is 0 Å². The second-order valence-corrected chi connectivity index (χ2v) is 8.51. The molecular weight excluding hydrogens is 419 g/mol. The second-order valence-electron chi connectivity index (χ2n) is 8.51. The minimum atomic E-state index is -4.10. The summed E-state index contributed by atoms with van der Waals surface area (Å²) >= 11 is 0. The van der Waals surface area contributed by atoms with E-state index in [-0.39, 0.29) is 24.9 Å². The number of carbonyl (C=O) groups excluding carboxylic acids is 1. The first-order valence-corrected chi connectivity index (χ1v) is 10.8. The summed E-state index contributed by atoms with van der Waals surface area (Å²) in [5.41, 5.74) is 4.70. The van der Waals surface area contributed by atoms with Crippen molar-refractivity contribution in [3.8, 4) is 0 Å².